The molecule has 1 aromatic heterocycles. The Hall–Kier alpha value is -3.09. The number of hydrogen-bond donors (Lipinski definition) is 2. The molecule has 25 heavy (non-hydrogen) atoms. The average molecular weight is 342 g/mol. The van der Waals surface area contributed by atoms with Crippen LogP contribution in [0.15, 0.2) is 41.0 Å². The number of nitrogens with zero attached hydrogens (tertiary/aromatic N) is 1. The normalized spacial score (nSPS) is 14.3. The monoisotopic (exact) mass is 342 g/mol. The molecule has 2 amide bonds. The highest BCUT2D eigenvalue weighted by atomic mass is 16.4. The van der Waals surface area contributed by atoms with Crippen molar-refractivity contribution < 1.29 is 23.9 Å². The van der Waals surface area contributed by atoms with Gasteiger partial charge in [0, 0.05) is 17.8 Å². The van der Waals surface area contributed by atoms with Crippen LogP contribution in [0.4, 0.5) is 5.69 Å². The molecule has 1 unspecified atom stereocenters. The topological polar surface area (TPSA) is 99.9 Å². The van der Waals surface area contributed by atoms with E-state index in [0.717, 1.165) is 11.3 Å². The lowest BCUT2D eigenvalue weighted by atomic mass is 10.1. The summed E-state index contributed by atoms with van der Waals surface area (Å²) in [5.41, 5.74) is 2.36. The first-order valence-corrected chi connectivity index (χ1v) is 7.93. The van der Waals surface area contributed by atoms with Crippen molar-refractivity contribution in [3.8, 4) is 0 Å². The Morgan fingerprint density at radius 1 is 1.32 bits per heavy atom. The molecule has 2 aromatic rings. The van der Waals surface area contributed by atoms with E-state index in [-0.39, 0.29) is 24.8 Å². The van der Waals surface area contributed by atoms with Crippen LogP contribution >= 0.6 is 0 Å². The number of carbonyl (C=O) groups excluding carboxylic acids is 2. The Kier molecular flexibility index (Phi) is 4.56. The first-order valence-electron chi connectivity index (χ1n) is 7.93. The van der Waals surface area contributed by atoms with Gasteiger partial charge in [-0.25, -0.2) is 0 Å². The van der Waals surface area contributed by atoms with Crippen LogP contribution in [-0.2, 0) is 22.6 Å². The van der Waals surface area contributed by atoms with Crippen LogP contribution in [0.5, 0.6) is 0 Å². The minimum absolute atomic E-state index is 0.000213. The molecule has 0 bridgehead atoms. The largest absolute Gasteiger partial charge is 0.481 e. The Balaban J connectivity index is 1.73. The second kappa shape index (κ2) is 6.80. The second-order valence-electron chi connectivity index (χ2n) is 6.01. The predicted octanol–water partition coefficient (Wildman–Crippen LogP) is 1.82. The Bertz CT molecular complexity index is 826. The maximum Gasteiger partial charge on any atom is 0.308 e. The van der Waals surface area contributed by atoms with Gasteiger partial charge in [-0.15, -0.1) is 0 Å². The molecule has 1 atom stereocenters. The number of carbonyl (C=O) groups is 3. The number of amides is 2. The zero-order chi connectivity index (χ0) is 18.0. The van der Waals surface area contributed by atoms with Crippen LogP contribution < -0.4 is 10.2 Å². The van der Waals surface area contributed by atoms with Gasteiger partial charge in [0.15, 0.2) is 5.76 Å². The van der Waals surface area contributed by atoms with E-state index in [2.05, 4.69) is 5.32 Å². The Labute approximate surface area is 144 Å². The van der Waals surface area contributed by atoms with Gasteiger partial charge in [0.2, 0.25) is 5.91 Å². The van der Waals surface area contributed by atoms with E-state index in [1.54, 1.807) is 11.0 Å². The molecule has 1 aromatic carbocycles. The van der Waals surface area contributed by atoms with Crippen molar-refractivity contribution in [1.82, 2.24) is 5.32 Å². The third-order valence-corrected chi connectivity index (χ3v) is 4.20. The van der Waals surface area contributed by atoms with Crippen LogP contribution in [0.25, 0.3) is 0 Å². The predicted molar refractivity (Wildman–Crippen MR) is 89.2 cm³/mol. The fourth-order valence-electron chi connectivity index (χ4n) is 2.73. The van der Waals surface area contributed by atoms with E-state index < -0.39 is 17.8 Å². The van der Waals surface area contributed by atoms with Crippen molar-refractivity contribution in [2.45, 2.75) is 19.9 Å². The SMILES string of the molecule is CC(CNC(=O)c1occc1CN1C(=O)Cc2ccccc21)C(=O)O. The number of nitrogens with one attached hydrogen (secondary N) is 1. The van der Waals surface area contributed by atoms with Gasteiger partial charge in [0.1, 0.15) is 0 Å². The quantitative estimate of drug-likeness (QED) is 0.834. The molecule has 0 aliphatic carbocycles. The highest BCUT2D eigenvalue weighted by Gasteiger charge is 2.29. The number of fused-ring (bicyclic) bond motifs is 1. The first kappa shape index (κ1) is 16.8. The zero-order valence-electron chi connectivity index (χ0n) is 13.7. The maximum atomic E-state index is 12.3. The smallest absolute Gasteiger partial charge is 0.308 e. The molecule has 7 heteroatoms. The van der Waals surface area contributed by atoms with Crippen LogP contribution in [0.3, 0.4) is 0 Å². The Morgan fingerprint density at radius 3 is 2.84 bits per heavy atom. The number of anilines is 1. The molecule has 0 saturated carbocycles. The number of aliphatic carboxylic acids is 1. The second-order valence-corrected chi connectivity index (χ2v) is 6.01. The molecule has 130 valence electrons. The number of carboxylic acids is 1. The summed E-state index contributed by atoms with van der Waals surface area (Å²) in [5.74, 6) is -2.12. The number of para-hydroxylation sites is 1. The van der Waals surface area contributed by atoms with Crippen molar-refractivity contribution in [2.24, 2.45) is 5.92 Å². The lowest BCUT2D eigenvalue weighted by Gasteiger charge is -2.17. The lowest BCUT2D eigenvalue weighted by Crippen LogP contribution is -2.32. The number of hydrogen-bond acceptors (Lipinski definition) is 4. The van der Waals surface area contributed by atoms with Gasteiger partial charge >= 0.3 is 5.97 Å². The molecule has 3 rings (SSSR count). The molecule has 0 fully saturated rings. The summed E-state index contributed by atoms with van der Waals surface area (Å²) in [6.45, 7) is 1.73. The molecular formula is C18H18N2O5. The highest BCUT2D eigenvalue weighted by molar-refractivity contribution is 6.01. The molecule has 7 nitrogen and oxygen atoms in total. The molecule has 0 saturated heterocycles. The van der Waals surface area contributed by atoms with E-state index in [1.807, 2.05) is 24.3 Å². The third kappa shape index (κ3) is 3.40. The zero-order valence-corrected chi connectivity index (χ0v) is 13.7. The van der Waals surface area contributed by atoms with Gasteiger partial charge in [0.25, 0.3) is 5.91 Å². The van der Waals surface area contributed by atoms with Crippen LogP contribution in [0, 0.1) is 5.92 Å². The molecular weight excluding hydrogens is 324 g/mol. The molecule has 0 radical (unpaired) electrons. The van der Waals surface area contributed by atoms with Gasteiger partial charge < -0.3 is 19.7 Å². The molecule has 1 aliphatic rings. The fraction of sp³-hybridized carbons (Fsp3) is 0.278. The highest BCUT2D eigenvalue weighted by Crippen LogP contribution is 2.30. The number of rotatable bonds is 6. The summed E-state index contributed by atoms with van der Waals surface area (Å²) in [4.78, 5) is 37.0. The summed E-state index contributed by atoms with van der Waals surface area (Å²) in [5, 5.41) is 11.4. The molecule has 0 spiro atoms. The summed E-state index contributed by atoms with van der Waals surface area (Å²) in [7, 11) is 0. The van der Waals surface area contributed by atoms with E-state index in [1.165, 1.54) is 13.2 Å². The number of carboxylic acid groups (broad SMARTS) is 1. The van der Waals surface area contributed by atoms with Crippen molar-refractivity contribution in [1.29, 1.82) is 0 Å². The van der Waals surface area contributed by atoms with Crippen molar-refractivity contribution in [2.75, 3.05) is 11.4 Å². The summed E-state index contributed by atoms with van der Waals surface area (Å²) in [6, 6.07) is 9.17. The van der Waals surface area contributed by atoms with Gasteiger partial charge in [0.05, 0.1) is 25.1 Å². The van der Waals surface area contributed by atoms with Crippen LogP contribution in [0.2, 0.25) is 0 Å². The minimum atomic E-state index is -0.987. The van der Waals surface area contributed by atoms with Crippen molar-refractivity contribution in [3.63, 3.8) is 0 Å². The Morgan fingerprint density at radius 2 is 2.08 bits per heavy atom. The van der Waals surface area contributed by atoms with E-state index in [4.69, 9.17) is 9.52 Å². The summed E-state index contributed by atoms with van der Waals surface area (Å²) >= 11 is 0. The van der Waals surface area contributed by atoms with Crippen molar-refractivity contribution in [3.05, 3.63) is 53.5 Å². The number of benzene rings is 1. The average Bonchev–Trinajstić information content (AvgIpc) is 3.17. The van der Waals surface area contributed by atoms with Gasteiger partial charge in [-0.2, -0.15) is 0 Å². The van der Waals surface area contributed by atoms with E-state index >= 15 is 0 Å². The third-order valence-electron chi connectivity index (χ3n) is 4.20. The minimum Gasteiger partial charge on any atom is -0.481 e. The van der Waals surface area contributed by atoms with E-state index in [9.17, 15) is 14.4 Å². The summed E-state index contributed by atoms with van der Waals surface area (Å²) in [6.07, 6.45) is 1.73. The van der Waals surface area contributed by atoms with Gasteiger partial charge in [-0.05, 0) is 17.7 Å². The molecule has 2 heterocycles. The lowest BCUT2D eigenvalue weighted by molar-refractivity contribution is -0.140. The van der Waals surface area contributed by atoms with E-state index in [0.29, 0.717) is 12.0 Å². The summed E-state index contributed by atoms with van der Waals surface area (Å²) < 4.78 is 5.26. The standard InChI is InChI=1S/C18H18N2O5/c1-11(18(23)24)9-19-17(22)16-13(6-7-25-16)10-20-14-5-3-2-4-12(14)8-15(20)21/h2-7,11H,8-10H2,1H3,(H,19,22)(H,23,24). The van der Waals surface area contributed by atoms with Gasteiger partial charge in [-0.1, -0.05) is 25.1 Å². The van der Waals surface area contributed by atoms with Crippen molar-refractivity contribution >= 4 is 23.5 Å². The first-order chi connectivity index (χ1) is 12.0. The van der Waals surface area contributed by atoms with Gasteiger partial charge in [-0.3, -0.25) is 14.4 Å². The maximum absolute atomic E-state index is 12.3. The molecule has 1 aliphatic heterocycles. The van der Waals surface area contributed by atoms with Crippen LogP contribution in [0.1, 0.15) is 28.6 Å². The van der Waals surface area contributed by atoms with Crippen LogP contribution in [-0.4, -0.2) is 29.4 Å². The molecule has 2 N–H and O–H groups in total. The fourth-order valence-corrected chi connectivity index (χ4v) is 2.73. The number of furan rings is 1.